The Kier molecular flexibility index (Phi) is 6.48. The first-order valence-corrected chi connectivity index (χ1v) is 5.22. The van der Waals surface area contributed by atoms with Gasteiger partial charge in [0.2, 0.25) is 0 Å². The van der Waals surface area contributed by atoms with Crippen LogP contribution in [-0.2, 0) is 9.53 Å². The lowest BCUT2D eigenvalue weighted by Crippen LogP contribution is -2.50. The minimum Gasteiger partial charge on any atom is -0.480 e. The van der Waals surface area contributed by atoms with Crippen LogP contribution in [0.1, 0.15) is 20.8 Å². The number of amides is 2. The van der Waals surface area contributed by atoms with E-state index in [1.54, 1.807) is 7.11 Å². The van der Waals surface area contributed by atoms with E-state index in [9.17, 15) is 9.59 Å². The Morgan fingerprint density at radius 1 is 1.44 bits per heavy atom. The lowest BCUT2D eigenvalue weighted by molar-refractivity contribution is -0.138. The number of ether oxygens (including phenoxy) is 1. The number of carbonyl (C=O) groups is 2. The molecule has 0 spiro atoms. The number of carbonyl (C=O) groups excluding carboxylic acids is 1. The van der Waals surface area contributed by atoms with Gasteiger partial charge in [-0.1, -0.05) is 0 Å². The van der Waals surface area contributed by atoms with E-state index >= 15 is 0 Å². The van der Waals surface area contributed by atoms with E-state index in [1.807, 2.05) is 13.8 Å². The molecular formula is C10H20N2O4. The number of nitrogens with zero attached hydrogens (tertiary/aromatic N) is 1. The van der Waals surface area contributed by atoms with Crippen molar-refractivity contribution in [2.75, 3.05) is 20.3 Å². The van der Waals surface area contributed by atoms with Crippen molar-refractivity contribution in [2.45, 2.75) is 32.9 Å². The molecule has 2 unspecified atom stereocenters. The SMILES string of the molecule is CCN(C(=O)NC(C)C(=O)O)C(C)COC. The molecule has 0 aliphatic rings. The van der Waals surface area contributed by atoms with E-state index in [1.165, 1.54) is 11.8 Å². The lowest BCUT2D eigenvalue weighted by Gasteiger charge is -2.28. The van der Waals surface area contributed by atoms with Crippen LogP contribution >= 0.6 is 0 Å². The molecule has 0 aromatic carbocycles. The zero-order valence-corrected chi connectivity index (χ0v) is 10.2. The zero-order valence-electron chi connectivity index (χ0n) is 10.2. The summed E-state index contributed by atoms with van der Waals surface area (Å²) >= 11 is 0. The van der Waals surface area contributed by atoms with Crippen molar-refractivity contribution in [3.8, 4) is 0 Å². The number of hydrogen-bond acceptors (Lipinski definition) is 3. The molecule has 0 saturated heterocycles. The maximum atomic E-state index is 11.7. The Hall–Kier alpha value is -1.30. The summed E-state index contributed by atoms with van der Waals surface area (Å²) in [4.78, 5) is 23.8. The van der Waals surface area contributed by atoms with E-state index in [0.717, 1.165) is 0 Å². The molecule has 0 aromatic heterocycles. The second kappa shape index (κ2) is 7.05. The van der Waals surface area contributed by atoms with E-state index in [-0.39, 0.29) is 12.1 Å². The highest BCUT2D eigenvalue weighted by molar-refractivity contribution is 5.82. The molecule has 6 heteroatoms. The van der Waals surface area contributed by atoms with Gasteiger partial charge in [0, 0.05) is 13.7 Å². The quantitative estimate of drug-likeness (QED) is 0.700. The standard InChI is InChI=1S/C10H20N2O4/c1-5-12(7(2)6-16-4)10(15)11-8(3)9(13)14/h7-8H,5-6H2,1-4H3,(H,11,15)(H,13,14). The van der Waals surface area contributed by atoms with Crippen LogP contribution < -0.4 is 5.32 Å². The first-order valence-electron chi connectivity index (χ1n) is 5.22. The first-order chi connectivity index (χ1) is 7.43. The predicted molar refractivity (Wildman–Crippen MR) is 59.3 cm³/mol. The Labute approximate surface area is 95.6 Å². The van der Waals surface area contributed by atoms with Crippen molar-refractivity contribution in [1.82, 2.24) is 10.2 Å². The van der Waals surface area contributed by atoms with Crippen molar-refractivity contribution in [3.63, 3.8) is 0 Å². The summed E-state index contributed by atoms with van der Waals surface area (Å²) in [5, 5.41) is 11.1. The maximum Gasteiger partial charge on any atom is 0.325 e. The molecule has 0 heterocycles. The number of likely N-dealkylation sites (N-methyl/N-ethyl adjacent to an activating group) is 1. The number of carboxylic acid groups (broad SMARTS) is 1. The Morgan fingerprint density at radius 2 is 2.00 bits per heavy atom. The summed E-state index contributed by atoms with van der Waals surface area (Å²) < 4.78 is 4.95. The van der Waals surface area contributed by atoms with Crippen molar-refractivity contribution in [1.29, 1.82) is 0 Å². The second-order valence-electron chi connectivity index (χ2n) is 3.60. The lowest BCUT2D eigenvalue weighted by atomic mass is 10.3. The van der Waals surface area contributed by atoms with Crippen LogP contribution in [0.15, 0.2) is 0 Å². The average Bonchev–Trinajstić information content (AvgIpc) is 2.18. The molecule has 6 nitrogen and oxygen atoms in total. The normalized spacial score (nSPS) is 14.0. The Morgan fingerprint density at radius 3 is 2.38 bits per heavy atom. The van der Waals surface area contributed by atoms with Gasteiger partial charge in [0.25, 0.3) is 0 Å². The molecule has 0 aliphatic heterocycles. The van der Waals surface area contributed by atoms with E-state index < -0.39 is 12.0 Å². The van der Waals surface area contributed by atoms with Crippen LogP contribution in [-0.4, -0.2) is 54.4 Å². The van der Waals surface area contributed by atoms with E-state index in [2.05, 4.69) is 5.32 Å². The van der Waals surface area contributed by atoms with Crippen LogP contribution in [0.5, 0.6) is 0 Å². The molecule has 94 valence electrons. The molecular weight excluding hydrogens is 212 g/mol. The minimum absolute atomic E-state index is 0.0870. The van der Waals surface area contributed by atoms with Crippen LogP contribution in [0.4, 0.5) is 4.79 Å². The first kappa shape index (κ1) is 14.7. The third kappa shape index (κ3) is 4.48. The number of nitrogens with one attached hydrogen (secondary N) is 1. The second-order valence-corrected chi connectivity index (χ2v) is 3.60. The van der Waals surface area contributed by atoms with Gasteiger partial charge in [0.1, 0.15) is 6.04 Å². The van der Waals surface area contributed by atoms with E-state index in [0.29, 0.717) is 13.2 Å². The van der Waals surface area contributed by atoms with Gasteiger partial charge in [-0.15, -0.1) is 0 Å². The fourth-order valence-corrected chi connectivity index (χ4v) is 1.32. The van der Waals surface area contributed by atoms with Crippen LogP contribution in [0, 0.1) is 0 Å². The van der Waals surface area contributed by atoms with Gasteiger partial charge in [-0.3, -0.25) is 4.79 Å². The highest BCUT2D eigenvalue weighted by Crippen LogP contribution is 2.00. The number of urea groups is 1. The van der Waals surface area contributed by atoms with Gasteiger partial charge in [-0.05, 0) is 20.8 Å². The number of aliphatic carboxylic acids is 1. The van der Waals surface area contributed by atoms with Gasteiger partial charge in [0.15, 0.2) is 0 Å². The Balaban J connectivity index is 4.36. The van der Waals surface area contributed by atoms with Crippen molar-refractivity contribution in [2.24, 2.45) is 0 Å². The minimum atomic E-state index is -1.05. The third-order valence-corrected chi connectivity index (χ3v) is 2.25. The van der Waals surface area contributed by atoms with Crippen molar-refractivity contribution in [3.05, 3.63) is 0 Å². The Bertz CT molecular complexity index is 245. The maximum absolute atomic E-state index is 11.7. The van der Waals surface area contributed by atoms with Crippen LogP contribution in [0.25, 0.3) is 0 Å². The number of rotatable bonds is 6. The summed E-state index contributed by atoms with van der Waals surface area (Å²) in [7, 11) is 1.56. The molecule has 0 fully saturated rings. The third-order valence-electron chi connectivity index (χ3n) is 2.25. The molecule has 0 aliphatic carbocycles. The number of carboxylic acids is 1. The fraction of sp³-hybridized carbons (Fsp3) is 0.800. The van der Waals surface area contributed by atoms with Gasteiger partial charge >= 0.3 is 12.0 Å². The van der Waals surface area contributed by atoms with Crippen LogP contribution in [0.2, 0.25) is 0 Å². The van der Waals surface area contributed by atoms with Gasteiger partial charge in [0.05, 0.1) is 12.6 Å². The summed E-state index contributed by atoms with van der Waals surface area (Å²) in [5.74, 6) is -1.05. The molecule has 0 rings (SSSR count). The van der Waals surface area contributed by atoms with E-state index in [4.69, 9.17) is 9.84 Å². The van der Waals surface area contributed by atoms with Gasteiger partial charge in [-0.25, -0.2) is 4.79 Å². The molecule has 2 N–H and O–H groups in total. The number of hydrogen-bond donors (Lipinski definition) is 2. The molecule has 0 radical (unpaired) electrons. The molecule has 0 aromatic rings. The van der Waals surface area contributed by atoms with Gasteiger partial charge < -0.3 is 20.1 Å². The highest BCUT2D eigenvalue weighted by atomic mass is 16.5. The largest absolute Gasteiger partial charge is 0.480 e. The molecule has 16 heavy (non-hydrogen) atoms. The summed E-state index contributed by atoms with van der Waals surface area (Å²) in [6.45, 7) is 6.02. The van der Waals surface area contributed by atoms with Gasteiger partial charge in [-0.2, -0.15) is 0 Å². The smallest absolute Gasteiger partial charge is 0.325 e. The van der Waals surface area contributed by atoms with Crippen molar-refractivity contribution < 1.29 is 19.4 Å². The topological polar surface area (TPSA) is 78.9 Å². The summed E-state index contributed by atoms with van der Waals surface area (Å²) in [6, 6.07) is -1.37. The molecule has 0 bridgehead atoms. The molecule has 0 saturated carbocycles. The van der Waals surface area contributed by atoms with Crippen LogP contribution in [0.3, 0.4) is 0 Å². The summed E-state index contributed by atoms with van der Waals surface area (Å²) in [5.41, 5.74) is 0. The zero-order chi connectivity index (χ0) is 12.7. The monoisotopic (exact) mass is 232 g/mol. The summed E-state index contributed by atoms with van der Waals surface area (Å²) in [6.07, 6.45) is 0. The average molecular weight is 232 g/mol. The van der Waals surface area contributed by atoms with Crippen molar-refractivity contribution >= 4 is 12.0 Å². The molecule has 2 amide bonds. The predicted octanol–water partition coefficient (Wildman–Crippen LogP) is 0.526. The number of methoxy groups -OCH3 is 1. The fourth-order valence-electron chi connectivity index (χ4n) is 1.32. The molecule has 2 atom stereocenters. The highest BCUT2D eigenvalue weighted by Gasteiger charge is 2.21.